The van der Waals surface area contributed by atoms with Crippen LogP contribution in [0.1, 0.15) is 25.1 Å². The zero-order chi connectivity index (χ0) is 14.3. The Kier molecular flexibility index (Phi) is 3.26. The van der Waals surface area contributed by atoms with Crippen LogP contribution in [0.3, 0.4) is 0 Å². The molecule has 2 aromatic rings. The van der Waals surface area contributed by atoms with Crippen LogP contribution in [0.5, 0.6) is 0 Å². The number of rotatable bonds is 2. The molecule has 0 radical (unpaired) electrons. The molecule has 106 valence electrons. The molecule has 0 saturated heterocycles. The summed E-state index contributed by atoms with van der Waals surface area (Å²) in [6.45, 7) is 5.27. The molecule has 4 heteroatoms. The van der Waals surface area contributed by atoms with Gasteiger partial charge in [0.05, 0.1) is 5.92 Å². The summed E-state index contributed by atoms with van der Waals surface area (Å²) in [5.74, 6) is 0.0395. The van der Waals surface area contributed by atoms with Gasteiger partial charge in [0.25, 0.3) is 0 Å². The Morgan fingerprint density at radius 2 is 2.10 bits per heavy atom. The number of hydrogen-bond acceptors (Lipinski definition) is 2. The molecule has 20 heavy (non-hydrogen) atoms. The fourth-order valence-electron chi connectivity index (χ4n) is 2.87. The molecule has 1 aromatic heterocycles. The number of carbonyl (C=O) groups excluding carboxylic acids is 1. The van der Waals surface area contributed by atoms with E-state index in [4.69, 9.17) is 5.73 Å². The average Bonchev–Trinajstić information content (AvgIpc) is 2.83. The van der Waals surface area contributed by atoms with Crippen molar-refractivity contribution >= 4 is 16.8 Å². The average molecular weight is 271 g/mol. The van der Waals surface area contributed by atoms with Crippen LogP contribution in [0.4, 0.5) is 0 Å². The zero-order valence-corrected chi connectivity index (χ0v) is 12.0. The highest BCUT2D eigenvalue weighted by Crippen LogP contribution is 2.28. The SMILES string of the molecule is CC(N)C(C)C(=O)N1CCc2[nH]c3ccccc3c2C1. The summed E-state index contributed by atoms with van der Waals surface area (Å²) in [4.78, 5) is 17.8. The molecule has 1 aliphatic rings. The van der Waals surface area contributed by atoms with Crippen molar-refractivity contribution in [3.63, 3.8) is 0 Å². The topological polar surface area (TPSA) is 62.1 Å². The van der Waals surface area contributed by atoms with Gasteiger partial charge in [-0.2, -0.15) is 0 Å². The van der Waals surface area contributed by atoms with E-state index in [0.29, 0.717) is 6.54 Å². The summed E-state index contributed by atoms with van der Waals surface area (Å²) >= 11 is 0. The minimum atomic E-state index is -0.123. The summed E-state index contributed by atoms with van der Waals surface area (Å²) in [7, 11) is 0. The number of hydrogen-bond donors (Lipinski definition) is 2. The molecule has 1 amide bonds. The summed E-state index contributed by atoms with van der Waals surface area (Å²) in [5, 5.41) is 1.23. The van der Waals surface area contributed by atoms with Crippen LogP contribution >= 0.6 is 0 Å². The van der Waals surface area contributed by atoms with Crippen LogP contribution in [0.25, 0.3) is 10.9 Å². The first kappa shape index (κ1) is 13.2. The predicted octanol–water partition coefficient (Wildman–Crippen LogP) is 2.04. The molecule has 1 aliphatic heterocycles. The van der Waals surface area contributed by atoms with E-state index < -0.39 is 0 Å². The van der Waals surface area contributed by atoms with Gasteiger partial charge >= 0.3 is 0 Å². The van der Waals surface area contributed by atoms with E-state index >= 15 is 0 Å². The summed E-state index contributed by atoms with van der Waals surface area (Å²) in [5.41, 5.74) is 9.54. The molecule has 0 aliphatic carbocycles. The van der Waals surface area contributed by atoms with E-state index in [2.05, 4.69) is 17.1 Å². The molecular weight excluding hydrogens is 250 g/mol. The molecule has 2 unspecified atom stereocenters. The number of nitrogens with two attached hydrogens (primary N) is 1. The lowest BCUT2D eigenvalue weighted by molar-refractivity contribution is -0.136. The minimum absolute atomic E-state index is 0.105. The van der Waals surface area contributed by atoms with E-state index in [0.717, 1.165) is 18.5 Å². The number of nitrogens with zero attached hydrogens (tertiary/aromatic N) is 1. The monoisotopic (exact) mass is 271 g/mol. The fraction of sp³-hybridized carbons (Fsp3) is 0.438. The molecule has 3 rings (SSSR count). The first-order chi connectivity index (χ1) is 9.58. The molecule has 2 atom stereocenters. The number of H-pyrrole nitrogens is 1. The number of aromatic amines is 1. The maximum Gasteiger partial charge on any atom is 0.227 e. The molecule has 4 nitrogen and oxygen atoms in total. The third-order valence-electron chi connectivity index (χ3n) is 4.37. The minimum Gasteiger partial charge on any atom is -0.358 e. The van der Waals surface area contributed by atoms with Gasteiger partial charge < -0.3 is 15.6 Å². The second-order valence-corrected chi connectivity index (χ2v) is 5.79. The van der Waals surface area contributed by atoms with E-state index in [1.165, 1.54) is 16.6 Å². The fourth-order valence-corrected chi connectivity index (χ4v) is 2.87. The van der Waals surface area contributed by atoms with E-state index in [9.17, 15) is 4.79 Å². The second kappa shape index (κ2) is 4.94. The van der Waals surface area contributed by atoms with Gasteiger partial charge in [-0.1, -0.05) is 25.1 Å². The molecular formula is C16H21N3O. The number of amides is 1. The van der Waals surface area contributed by atoms with Crippen LogP contribution in [0.2, 0.25) is 0 Å². The van der Waals surface area contributed by atoms with Crippen LogP contribution in [-0.2, 0) is 17.8 Å². The molecule has 0 bridgehead atoms. The van der Waals surface area contributed by atoms with Crippen molar-refractivity contribution < 1.29 is 4.79 Å². The van der Waals surface area contributed by atoms with E-state index in [1.54, 1.807) is 0 Å². The van der Waals surface area contributed by atoms with E-state index in [1.807, 2.05) is 30.9 Å². The van der Waals surface area contributed by atoms with Gasteiger partial charge in [-0.05, 0) is 13.0 Å². The smallest absolute Gasteiger partial charge is 0.227 e. The highest BCUT2D eigenvalue weighted by atomic mass is 16.2. The van der Waals surface area contributed by atoms with Crippen molar-refractivity contribution in [3.05, 3.63) is 35.5 Å². The van der Waals surface area contributed by atoms with Crippen LogP contribution in [0.15, 0.2) is 24.3 Å². The van der Waals surface area contributed by atoms with E-state index in [-0.39, 0.29) is 17.9 Å². The van der Waals surface area contributed by atoms with Gasteiger partial charge in [0.2, 0.25) is 5.91 Å². The Morgan fingerprint density at radius 3 is 2.85 bits per heavy atom. The lowest BCUT2D eigenvalue weighted by Crippen LogP contribution is -2.43. The lowest BCUT2D eigenvalue weighted by atomic mass is 9.99. The molecule has 0 spiro atoms. The number of fused-ring (bicyclic) bond motifs is 3. The van der Waals surface area contributed by atoms with Crippen LogP contribution < -0.4 is 5.73 Å². The van der Waals surface area contributed by atoms with Crippen molar-refractivity contribution in [2.45, 2.75) is 32.9 Å². The molecule has 0 saturated carbocycles. The maximum atomic E-state index is 12.4. The molecule has 3 N–H and O–H groups in total. The Labute approximate surface area is 118 Å². The molecule has 2 heterocycles. The number of nitrogens with one attached hydrogen (secondary N) is 1. The molecule has 0 fully saturated rings. The largest absolute Gasteiger partial charge is 0.358 e. The standard InChI is InChI=1S/C16H21N3O/c1-10(11(2)17)16(20)19-8-7-15-13(9-19)12-5-3-4-6-14(12)18-15/h3-6,10-11,18H,7-9,17H2,1-2H3. The second-order valence-electron chi connectivity index (χ2n) is 5.79. The third kappa shape index (κ3) is 2.10. The highest BCUT2D eigenvalue weighted by molar-refractivity contribution is 5.86. The summed E-state index contributed by atoms with van der Waals surface area (Å²) in [6.07, 6.45) is 0.890. The Hall–Kier alpha value is -1.81. The normalized spacial score (nSPS) is 17.9. The van der Waals surface area contributed by atoms with Gasteiger partial charge in [-0.25, -0.2) is 0 Å². The van der Waals surface area contributed by atoms with Gasteiger partial charge in [0.1, 0.15) is 0 Å². The van der Waals surface area contributed by atoms with Gasteiger partial charge in [0, 0.05) is 47.7 Å². The van der Waals surface area contributed by atoms with Crippen LogP contribution in [0, 0.1) is 5.92 Å². The van der Waals surface area contributed by atoms with Crippen molar-refractivity contribution in [2.75, 3.05) is 6.54 Å². The summed E-state index contributed by atoms with van der Waals surface area (Å²) < 4.78 is 0. The van der Waals surface area contributed by atoms with Gasteiger partial charge in [0.15, 0.2) is 0 Å². The van der Waals surface area contributed by atoms with Crippen molar-refractivity contribution in [1.29, 1.82) is 0 Å². The Bertz CT molecular complexity index is 644. The van der Waals surface area contributed by atoms with Crippen LogP contribution in [-0.4, -0.2) is 28.4 Å². The van der Waals surface area contributed by atoms with Gasteiger partial charge in [-0.3, -0.25) is 4.79 Å². The number of carbonyl (C=O) groups is 1. The lowest BCUT2D eigenvalue weighted by Gasteiger charge is -2.30. The zero-order valence-electron chi connectivity index (χ0n) is 12.0. The Balaban J connectivity index is 1.90. The maximum absolute atomic E-state index is 12.4. The Morgan fingerprint density at radius 1 is 1.35 bits per heavy atom. The number of benzene rings is 1. The predicted molar refractivity (Wildman–Crippen MR) is 80.2 cm³/mol. The number of aromatic nitrogens is 1. The number of para-hydroxylation sites is 1. The summed E-state index contributed by atoms with van der Waals surface area (Å²) in [6, 6.07) is 8.18. The quantitative estimate of drug-likeness (QED) is 0.878. The van der Waals surface area contributed by atoms with Crippen molar-refractivity contribution in [3.8, 4) is 0 Å². The third-order valence-corrected chi connectivity index (χ3v) is 4.37. The first-order valence-electron chi connectivity index (χ1n) is 7.20. The first-order valence-corrected chi connectivity index (χ1v) is 7.20. The van der Waals surface area contributed by atoms with Crippen molar-refractivity contribution in [2.24, 2.45) is 11.7 Å². The van der Waals surface area contributed by atoms with Crippen molar-refractivity contribution in [1.82, 2.24) is 9.88 Å². The van der Waals surface area contributed by atoms with Gasteiger partial charge in [-0.15, -0.1) is 0 Å². The molecule has 1 aromatic carbocycles. The highest BCUT2D eigenvalue weighted by Gasteiger charge is 2.28.